The van der Waals surface area contributed by atoms with Crippen LogP contribution < -0.4 is 14.8 Å². The highest BCUT2D eigenvalue weighted by atomic mass is 16.5. The molecule has 4 nitrogen and oxygen atoms in total. The minimum absolute atomic E-state index is 0.00369. The van der Waals surface area contributed by atoms with Crippen LogP contribution in [0.5, 0.6) is 11.5 Å². The van der Waals surface area contributed by atoms with Crippen molar-refractivity contribution >= 4 is 5.91 Å². The van der Waals surface area contributed by atoms with Crippen LogP contribution in [0.15, 0.2) is 36.4 Å². The molecule has 0 heterocycles. The van der Waals surface area contributed by atoms with Gasteiger partial charge in [0.25, 0.3) is 0 Å². The van der Waals surface area contributed by atoms with Crippen LogP contribution in [0.2, 0.25) is 0 Å². The molecule has 0 aliphatic rings. The molecule has 0 unspecified atom stereocenters. The summed E-state index contributed by atoms with van der Waals surface area (Å²) >= 11 is 0. The lowest BCUT2D eigenvalue weighted by Gasteiger charge is -2.21. The van der Waals surface area contributed by atoms with Crippen LogP contribution in [0.4, 0.5) is 0 Å². The first-order valence-electron chi connectivity index (χ1n) is 8.96. The van der Waals surface area contributed by atoms with E-state index < -0.39 is 0 Å². The second kappa shape index (κ2) is 8.75. The lowest BCUT2D eigenvalue weighted by atomic mass is 9.93. The second-order valence-corrected chi connectivity index (χ2v) is 6.92. The first kappa shape index (κ1) is 19.8. The van der Waals surface area contributed by atoms with E-state index >= 15 is 0 Å². The summed E-state index contributed by atoms with van der Waals surface area (Å²) in [5, 5.41) is 3.11. The largest absolute Gasteiger partial charge is 0.497 e. The Morgan fingerprint density at radius 3 is 2.19 bits per heavy atom. The minimum atomic E-state index is -0.0656. The molecule has 0 aliphatic heterocycles. The summed E-state index contributed by atoms with van der Waals surface area (Å²) in [6, 6.07) is 11.7. The van der Waals surface area contributed by atoms with Crippen molar-refractivity contribution in [2.24, 2.45) is 0 Å². The van der Waals surface area contributed by atoms with Crippen molar-refractivity contribution in [1.82, 2.24) is 5.32 Å². The number of hydrogen-bond acceptors (Lipinski definition) is 3. The summed E-state index contributed by atoms with van der Waals surface area (Å²) in [4.78, 5) is 12.4. The van der Waals surface area contributed by atoms with E-state index in [2.05, 4.69) is 31.3 Å². The van der Waals surface area contributed by atoms with E-state index in [0.29, 0.717) is 12.3 Å². The van der Waals surface area contributed by atoms with Crippen LogP contribution in [0.1, 0.15) is 55.0 Å². The Kier molecular flexibility index (Phi) is 6.67. The predicted octanol–water partition coefficient (Wildman–Crippen LogP) is 4.56. The zero-order valence-electron chi connectivity index (χ0n) is 16.6. The average Bonchev–Trinajstić information content (AvgIpc) is 2.61. The topological polar surface area (TPSA) is 47.6 Å². The molecule has 1 atom stereocenters. The summed E-state index contributed by atoms with van der Waals surface area (Å²) in [6.07, 6.45) is 0.348. The Bertz CT molecular complexity index is 751. The molecule has 2 rings (SSSR count). The molecule has 0 spiro atoms. The van der Waals surface area contributed by atoms with Gasteiger partial charge >= 0.3 is 0 Å². The van der Waals surface area contributed by atoms with Crippen LogP contribution in [0.25, 0.3) is 0 Å². The van der Waals surface area contributed by atoms with Gasteiger partial charge in [-0.15, -0.1) is 0 Å². The molecule has 1 N–H and O–H groups in total. The minimum Gasteiger partial charge on any atom is -0.497 e. The van der Waals surface area contributed by atoms with Gasteiger partial charge in [-0.3, -0.25) is 4.79 Å². The number of aryl methyl sites for hydroxylation is 1. The Hall–Kier alpha value is -2.49. The van der Waals surface area contributed by atoms with E-state index in [1.54, 1.807) is 14.2 Å². The fraction of sp³-hybridized carbons (Fsp3) is 0.409. The molecule has 0 aliphatic carbocycles. The van der Waals surface area contributed by atoms with Crippen molar-refractivity contribution in [1.29, 1.82) is 0 Å². The van der Waals surface area contributed by atoms with Gasteiger partial charge in [0.2, 0.25) is 5.91 Å². The number of benzene rings is 2. The van der Waals surface area contributed by atoms with Crippen LogP contribution in [-0.4, -0.2) is 20.1 Å². The van der Waals surface area contributed by atoms with E-state index in [4.69, 9.17) is 9.47 Å². The van der Waals surface area contributed by atoms with Gasteiger partial charge in [0, 0.05) is 0 Å². The maximum Gasteiger partial charge on any atom is 0.224 e. The molecule has 140 valence electrons. The van der Waals surface area contributed by atoms with Crippen LogP contribution >= 0.6 is 0 Å². The van der Waals surface area contributed by atoms with Crippen molar-refractivity contribution in [2.75, 3.05) is 14.2 Å². The molecule has 2 aromatic carbocycles. The highest BCUT2D eigenvalue weighted by Crippen LogP contribution is 2.32. The van der Waals surface area contributed by atoms with Crippen molar-refractivity contribution in [3.8, 4) is 11.5 Å². The number of rotatable bonds is 7. The Balaban J connectivity index is 2.11. The van der Waals surface area contributed by atoms with Gasteiger partial charge in [-0.25, -0.2) is 0 Å². The van der Waals surface area contributed by atoms with Gasteiger partial charge in [0.15, 0.2) is 0 Å². The first-order valence-corrected chi connectivity index (χ1v) is 8.96. The summed E-state index contributed by atoms with van der Waals surface area (Å²) in [5.74, 6) is 2.05. The zero-order valence-corrected chi connectivity index (χ0v) is 16.6. The Morgan fingerprint density at radius 1 is 1.00 bits per heavy atom. The van der Waals surface area contributed by atoms with E-state index in [1.807, 2.05) is 38.1 Å². The smallest absolute Gasteiger partial charge is 0.224 e. The van der Waals surface area contributed by atoms with E-state index in [0.717, 1.165) is 33.8 Å². The molecule has 0 bridgehead atoms. The van der Waals surface area contributed by atoms with Crippen LogP contribution in [0, 0.1) is 6.92 Å². The number of ether oxygens (including phenoxy) is 2. The molecule has 0 aromatic heterocycles. The number of amides is 1. The van der Waals surface area contributed by atoms with Crippen LogP contribution in [0.3, 0.4) is 0 Å². The third-order valence-corrected chi connectivity index (χ3v) is 4.61. The molecule has 26 heavy (non-hydrogen) atoms. The molecule has 0 radical (unpaired) electrons. The number of methoxy groups -OCH3 is 2. The third-order valence-electron chi connectivity index (χ3n) is 4.61. The molecule has 1 amide bonds. The average molecular weight is 355 g/mol. The van der Waals surface area contributed by atoms with Crippen molar-refractivity contribution in [2.45, 2.75) is 46.1 Å². The lowest BCUT2D eigenvalue weighted by molar-refractivity contribution is -0.121. The number of carbonyl (C=O) groups excluding carboxylic acids is 1. The molecule has 0 saturated carbocycles. The van der Waals surface area contributed by atoms with E-state index in [-0.39, 0.29) is 11.9 Å². The highest BCUT2D eigenvalue weighted by Gasteiger charge is 2.17. The fourth-order valence-corrected chi connectivity index (χ4v) is 3.11. The third kappa shape index (κ3) is 4.78. The Labute approximate surface area is 156 Å². The summed E-state index contributed by atoms with van der Waals surface area (Å²) < 4.78 is 10.7. The monoisotopic (exact) mass is 355 g/mol. The van der Waals surface area contributed by atoms with Gasteiger partial charge < -0.3 is 14.8 Å². The second-order valence-electron chi connectivity index (χ2n) is 6.92. The van der Waals surface area contributed by atoms with Crippen LogP contribution in [-0.2, 0) is 11.2 Å². The van der Waals surface area contributed by atoms with Gasteiger partial charge in [-0.2, -0.15) is 0 Å². The quantitative estimate of drug-likeness (QED) is 0.792. The van der Waals surface area contributed by atoms with E-state index in [1.165, 1.54) is 0 Å². The number of nitrogens with one attached hydrogen (secondary N) is 1. The van der Waals surface area contributed by atoms with Gasteiger partial charge in [0.1, 0.15) is 11.5 Å². The number of hydrogen-bond donors (Lipinski definition) is 1. The normalized spacial score (nSPS) is 12.0. The Morgan fingerprint density at radius 2 is 1.65 bits per heavy atom. The maximum atomic E-state index is 12.4. The molecule has 0 fully saturated rings. The zero-order chi connectivity index (χ0) is 19.3. The first-order chi connectivity index (χ1) is 12.3. The molecule has 4 heteroatoms. The standard InChI is InChI=1S/C22H29NO3/c1-14(2)19-13-20(15(3)11-21(19)26-6)16(4)23-22(24)12-17-7-9-18(25-5)10-8-17/h7-11,13-14,16H,12H2,1-6H3,(H,23,24)/t16-/m0/s1. The van der Waals surface area contributed by atoms with Crippen molar-refractivity contribution in [3.63, 3.8) is 0 Å². The summed E-state index contributed by atoms with van der Waals surface area (Å²) in [5.41, 5.74) is 4.36. The summed E-state index contributed by atoms with van der Waals surface area (Å²) in [6.45, 7) is 8.35. The van der Waals surface area contributed by atoms with Gasteiger partial charge in [-0.05, 0) is 66.3 Å². The van der Waals surface area contributed by atoms with Gasteiger partial charge in [-0.1, -0.05) is 26.0 Å². The lowest BCUT2D eigenvalue weighted by Crippen LogP contribution is -2.28. The number of carbonyl (C=O) groups is 1. The van der Waals surface area contributed by atoms with Crippen molar-refractivity contribution in [3.05, 3.63) is 58.7 Å². The summed E-state index contributed by atoms with van der Waals surface area (Å²) in [7, 11) is 3.33. The predicted molar refractivity (Wildman–Crippen MR) is 105 cm³/mol. The fourth-order valence-electron chi connectivity index (χ4n) is 3.11. The molecular weight excluding hydrogens is 326 g/mol. The van der Waals surface area contributed by atoms with Crippen molar-refractivity contribution < 1.29 is 14.3 Å². The highest BCUT2D eigenvalue weighted by molar-refractivity contribution is 5.79. The molecule has 2 aromatic rings. The van der Waals surface area contributed by atoms with Gasteiger partial charge in [0.05, 0.1) is 26.7 Å². The van der Waals surface area contributed by atoms with E-state index in [9.17, 15) is 4.79 Å². The maximum absolute atomic E-state index is 12.4. The SMILES string of the molecule is COc1ccc(CC(=O)N[C@@H](C)c2cc(C(C)C)c(OC)cc2C)cc1. The molecular formula is C22H29NO3. The molecule has 0 saturated heterocycles.